The number of nitrogens with zero attached hydrogens (tertiary/aromatic N) is 2. The Morgan fingerprint density at radius 1 is 1.75 bits per heavy atom. The molecule has 0 atom stereocenters. The first kappa shape index (κ1) is 8.66. The van der Waals surface area contributed by atoms with Crippen LogP contribution in [0.4, 0.5) is 0 Å². The summed E-state index contributed by atoms with van der Waals surface area (Å²) in [6.07, 6.45) is 7.90. The van der Waals surface area contributed by atoms with Crippen LogP contribution in [0.3, 0.4) is 0 Å². The maximum absolute atomic E-state index is 5.18. The third kappa shape index (κ3) is 1.79. The number of aromatic nitrogens is 2. The molecule has 0 spiro atoms. The van der Waals surface area contributed by atoms with Gasteiger partial charge < -0.3 is 9.30 Å². The molecule has 0 aromatic carbocycles. The van der Waals surface area contributed by atoms with Crippen LogP contribution in [0.5, 0.6) is 6.01 Å². The Kier molecular flexibility index (Phi) is 2.76. The van der Waals surface area contributed by atoms with E-state index in [1.165, 1.54) is 0 Å². The Morgan fingerprint density at radius 2 is 2.50 bits per heavy atom. The van der Waals surface area contributed by atoms with Crippen molar-refractivity contribution in [2.75, 3.05) is 6.61 Å². The number of terminal acetylenes is 1. The lowest BCUT2D eigenvalue weighted by Crippen LogP contribution is -1.99. The maximum Gasteiger partial charge on any atom is 0.297 e. The molecule has 3 nitrogen and oxygen atoms in total. The van der Waals surface area contributed by atoms with Gasteiger partial charge in [-0.1, -0.05) is 12.8 Å². The van der Waals surface area contributed by atoms with Crippen LogP contribution in [-0.2, 0) is 13.5 Å². The number of aryl methyl sites for hydroxylation is 2. The number of hydrogen-bond donors (Lipinski definition) is 0. The van der Waals surface area contributed by atoms with Crippen LogP contribution in [0.25, 0.3) is 0 Å². The first-order valence-corrected chi connectivity index (χ1v) is 3.86. The molecule has 1 rings (SSSR count). The van der Waals surface area contributed by atoms with Crippen LogP contribution < -0.4 is 4.74 Å². The summed E-state index contributed by atoms with van der Waals surface area (Å²) in [4.78, 5) is 4.21. The van der Waals surface area contributed by atoms with Crippen molar-refractivity contribution in [2.45, 2.75) is 13.3 Å². The van der Waals surface area contributed by atoms with Gasteiger partial charge in [0.15, 0.2) is 6.61 Å². The third-order valence-corrected chi connectivity index (χ3v) is 1.53. The highest BCUT2D eigenvalue weighted by atomic mass is 16.5. The zero-order valence-electron chi connectivity index (χ0n) is 7.37. The quantitative estimate of drug-likeness (QED) is 0.623. The molecule has 0 fully saturated rings. The smallest absolute Gasteiger partial charge is 0.297 e. The van der Waals surface area contributed by atoms with Crippen molar-refractivity contribution in [3.8, 4) is 18.4 Å². The molecular weight excluding hydrogens is 152 g/mol. The second kappa shape index (κ2) is 3.82. The van der Waals surface area contributed by atoms with E-state index in [2.05, 4.69) is 10.9 Å². The van der Waals surface area contributed by atoms with Crippen molar-refractivity contribution in [3.05, 3.63) is 11.9 Å². The van der Waals surface area contributed by atoms with E-state index in [0.717, 1.165) is 12.1 Å². The highest BCUT2D eigenvalue weighted by Crippen LogP contribution is 2.09. The van der Waals surface area contributed by atoms with Gasteiger partial charge >= 0.3 is 0 Å². The first-order chi connectivity index (χ1) is 5.77. The normalized spacial score (nSPS) is 9.42. The molecule has 0 aliphatic heterocycles. The van der Waals surface area contributed by atoms with Crippen molar-refractivity contribution >= 4 is 0 Å². The number of rotatable bonds is 3. The predicted molar refractivity (Wildman–Crippen MR) is 46.9 cm³/mol. The summed E-state index contributed by atoms with van der Waals surface area (Å²) in [5.74, 6) is 2.40. The average molecular weight is 164 g/mol. The van der Waals surface area contributed by atoms with E-state index in [9.17, 15) is 0 Å². The van der Waals surface area contributed by atoms with Gasteiger partial charge in [0.05, 0.1) is 5.69 Å². The number of hydrogen-bond acceptors (Lipinski definition) is 2. The molecular formula is C9H12N2O. The Hall–Kier alpha value is -1.43. The van der Waals surface area contributed by atoms with Crippen molar-refractivity contribution in [1.82, 2.24) is 9.55 Å². The molecule has 0 N–H and O–H groups in total. The summed E-state index contributed by atoms with van der Waals surface area (Å²) in [5.41, 5.74) is 1.02. The van der Waals surface area contributed by atoms with Gasteiger partial charge in [-0.05, 0) is 6.42 Å². The minimum atomic E-state index is 0.272. The molecule has 1 heterocycles. The predicted octanol–water partition coefficient (Wildman–Crippen LogP) is 0.995. The average Bonchev–Trinajstić information content (AvgIpc) is 2.43. The molecule has 64 valence electrons. The van der Waals surface area contributed by atoms with E-state index >= 15 is 0 Å². The zero-order valence-corrected chi connectivity index (χ0v) is 7.37. The SMILES string of the molecule is C#CCOc1nc(CC)cn1C. The standard InChI is InChI=1S/C9H12N2O/c1-4-6-12-9-10-8(5-2)7-11(9)3/h1,7H,5-6H2,2-3H3. The molecule has 1 aromatic rings. The van der Waals surface area contributed by atoms with Crippen LogP contribution in [0.2, 0.25) is 0 Å². The van der Waals surface area contributed by atoms with Crippen LogP contribution in [0, 0.1) is 12.3 Å². The van der Waals surface area contributed by atoms with Gasteiger partial charge in [-0.3, -0.25) is 0 Å². The van der Waals surface area contributed by atoms with Crippen LogP contribution in [-0.4, -0.2) is 16.2 Å². The molecule has 0 bridgehead atoms. The van der Waals surface area contributed by atoms with Gasteiger partial charge in [0.2, 0.25) is 0 Å². The lowest BCUT2D eigenvalue weighted by molar-refractivity contribution is 0.328. The molecule has 0 unspecified atom stereocenters. The molecule has 3 heteroatoms. The Labute approximate surface area is 72.4 Å². The lowest BCUT2D eigenvalue weighted by Gasteiger charge is -1.98. The molecule has 0 aliphatic rings. The van der Waals surface area contributed by atoms with Crippen molar-refractivity contribution in [1.29, 1.82) is 0 Å². The summed E-state index contributed by atoms with van der Waals surface area (Å²) in [5, 5.41) is 0. The van der Waals surface area contributed by atoms with E-state index in [1.807, 2.05) is 24.7 Å². The van der Waals surface area contributed by atoms with Gasteiger partial charge in [0.25, 0.3) is 6.01 Å². The van der Waals surface area contributed by atoms with E-state index in [1.54, 1.807) is 0 Å². The van der Waals surface area contributed by atoms with E-state index in [-0.39, 0.29) is 6.61 Å². The Morgan fingerprint density at radius 3 is 3.00 bits per heavy atom. The minimum absolute atomic E-state index is 0.272. The van der Waals surface area contributed by atoms with Crippen molar-refractivity contribution in [2.24, 2.45) is 7.05 Å². The van der Waals surface area contributed by atoms with Crippen molar-refractivity contribution in [3.63, 3.8) is 0 Å². The second-order valence-corrected chi connectivity index (χ2v) is 2.47. The highest BCUT2D eigenvalue weighted by molar-refractivity contribution is 5.08. The summed E-state index contributed by atoms with van der Waals surface area (Å²) in [6.45, 7) is 2.32. The summed E-state index contributed by atoms with van der Waals surface area (Å²) in [6, 6.07) is 0.588. The summed E-state index contributed by atoms with van der Waals surface area (Å²) in [7, 11) is 1.89. The summed E-state index contributed by atoms with van der Waals surface area (Å²) < 4.78 is 7.01. The monoisotopic (exact) mass is 164 g/mol. The zero-order chi connectivity index (χ0) is 8.97. The fraction of sp³-hybridized carbons (Fsp3) is 0.444. The fourth-order valence-corrected chi connectivity index (χ4v) is 0.920. The number of imidazole rings is 1. The van der Waals surface area contributed by atoms with E-state index in [4.69, 9.17) is 11.2 Å². The van der Waals surface area contributed by atoms with Gasteiger partial charge in [-0.25, -0.2) is 4.98 Å². The molecule has 1 aromatic heterocycles. The van der Waals surface area contributed by atoms with Crippen LogP contribution in [0.15, 0.2) is 6.20 Å². The first-order valence-electron chi connectivity index (χ1n) is 3.86. The van der Waals surface area contributed by atoms with Crippen LogP contribution >= 0.6 is 0 Å². The molecule has 0 aliphatic carbocycles. The topological polar surface area (TPSA) is 27.1 Å². The Bertz CT molecular complexity index is 296. The fourth-order valence-electron chi connectivity index (χ4n) is 0.920. The minimum Gasteiger partial charge on any atom is -0.451 e. The van der Waals surface area contributed by atoms with E-state index in [0.29, 0.717) is 6.01 Å². The molecule has 0 saturated carbocycles. The lowest BCUT2D eigenvalue weighted by atomic mass is 10.4. The van der Waals surface area contributed by atoms with Gasteiger partial charge in [-0.2, -0.15) is 0 Å². The Balaban J connectivity index is 2.72. The summed E-state index contributed by atoms with van der Waals surface area (Å²) >= 11 is 0. The van der Waals surface area contributed by atoms with Gasteiger partial charge in [0, 0.05) is 13.2 Å². The maximum atomic E-state index is 5.18. The van der Waals surface area contributed by atoms with Gasteiger partial charge in [0.1, 0.15) is 0 Å². The van der Waals surface area contributed by atoms with Gasteiger partial charge in [-0.15, -0.1) is 6.42 Å². The highest BCUT2D eigenvalue weighted by Gasteiger charge is 2.02. The molecule has 0 radical (unpaired) electrons. The molecule has 12 heavy (non-hydrogen) atoms. The second-order valence-electron chi connectivity index (χ2n) is 2.47. The number of ether oxygens (including phenoxy) is 1. The van der Waals surface area contributed by atoms with E-state index < -0.39 is 0 Å². The van der Waals surface area contributed by atoms with Crippen molar-refractivity contribution < 1.29 is 4.74 Å². The molecule has 0 saturated heterocycles. The largest absolute Gasteiger partial charge is 0.451 e. The van der Waals surface area contributed by atoms with Crippen LogP contribution in [0.1, 0.15) is 12.6 Å². The molecule has 0 amide bonds. The third-order valence-electron chi connectivity index (χ3n) is 1.53.